The van der Waals surface area contributed by atoms with Crippen molar-refractivity contribution >= 4 is 29.9 Å². The number of rotatable bonds is 8. The van der Waals surface area contributed by atoms with Gasteiger partial charge in [-0.15, -0.1) is 0 Å². The van der Waals surface area contributed by atoms with Gasteiger partial charge < -0.3 is 5.73 Å². The second kappa shape index (κ2) is 17.0. The SMILES string of the molecule is C=Nc1cc(F)c(/C(C)=C/CCCCc2ccc(N)cc2)cc1C.CC.CN=Cc1ccc(C)cc1C. The fraction of sp³-hybridized carbons (Fsp3) is 0.333. The Morgan fingerprint density at radius 1 is 0.946 bits per heavy atom. The maximum absolute atomic E-state index is 14.2. The summed E-state index contributed by atoms with van der Waals surface area (Å²) in [5, 5.41) is 0. The third-order valence-corrected chi connectivity index (χ3v) is 5.92. The molecule has 0 unspecified atom stereocenters. The van der Waals surface area contributed by atoms with Gasteiger partial charge in [-0.1, -0.05) is 55.8 Å². The summed E-state index contributed by atoms with van der Waals surface area (Å²) in [5.74, 6) is -0.237. The molecule has 4 heteroatoms. The molecule has 0 bridgehead atoms. The highest BCUT2D eigenvalue weighted by molar-refractivity contribution is 5.81. The summed E-state index contributed by atoms with van der Waals surface area (Å²) >= 11 is 0. The minimum absolute atomic E-state index is 0.237. The molecule has 198 valence electrons. The normalized spacial score (nSPS) is 10.9. The molecule has 3 rings (SSSR count). The number of aryl methyl sites for hydroxylation is 4. The third kappa shape index (κ3) is 10.9. The zero-order chi connectivity index (χ0) is 27.8. The lowest BCUT2D eigenvalue weighted by molar-refractivity contribution is 0.623. The quantitative estimate of drug-likeness (QED) is 0.187. The molecule has 0 radical (unpaired) electrons. The van der Waals surface area contributed by atoms with E-state index in [0.29, 0.717) is 11.3 Å². The van der Waals surface area contributed by atoms with Gasteiger partial charge in [-0.3, -0.25) is 9.98 Å². The van der Waals surface area contributed by atoms with Crippen LogP contribution in [0.15, 0.2) is 70.7 Å². The van der Waals surface area contributed by atoms with Gasteiger partial charge in [-0.05, 0) is 106 Å². The van der Waals surface area contributed by atoms with E-state index in [9.17, 15) is 4.39 Å². The first-order valence-corrected chi connectivity index (χ1v) is 13.0. The largest absolute Gasteiger partial charge is 0.399 e. The maximum atomic E-state index is 14.2. The second-order valence-electron chi connectivity index (χ2n) is 8.90. The standard InChI is InChI=1S/C21H25FN2.C10H13N.C2H6/c1-15(19-13-16(2)21(24-3)14-20(19)22)7-5-4-6-8-17-9-11-18(23)12-10-17;1-8-4-5-10(7-11-3)9(2)6-8;1-2/h7,9-14H,3-6,8,23H2,1-2H3;4-7H,1-3H3;1-2H3/b15-7+;;. The predicted octanol–water partition coefficient (Wildman–Crippen LogP) is 9.24. The van der Waals surface area contributed by atoms with Crippen molar-refractivity contribution in [3.63, 3.8) is 0 Å². The second-order valence-corrected chi connectivity index (χ2v) is 8.90. The maximum Gasteiger partial charge on any atom is 0.132 e. The lowest BCUT2D eigenvalue weighted by atomic mass is 10.0. The summed E-state index contributed by atoms with van der Waals surface area (Å²) in [6.07, 6.45) is 8.17. The van der Waals surface area contributed by atoms with Crippen molar-refractivity contribution < 1.29 is 4.39 Å². The van der Waals surface area contributed by atoms with Gasteiger partial charge in [0.15, 0.2) is 0 Å². The zero-order valence-corrected chi connectivity index (χ0v) is 23.7. The number of hydrogen-bond donors (Lipinski definition) is 1. The van der Waals surface area contributed by atoms with E-state index in [1.807, 2.05) is 52.1 Å². The average molecular weight is 502 g/mol. The molecule has 3 aromatic carbocycles. The van der Waals surface area contributed by atoms with Crippen molar-refractivity contribution in [2.75, 3.05) is 12.8 Å². The molecule has 0 aromatic heterocycles. The number of nitrogens with zero attached hydrogens (tertiary/aromatic N) is 2. The van der Waals surface area contributed by atoms with Gasteiger partial charge in [0, 0.05) is 30.6 Å². The Balaban J connectivity index is 0.000000439. The summed E-state index contributed by atoms with van der Waals surface area (Å²) in [5.41, 5.74) is 14.8. The minimum atomic E-state index is -0.237. The van der Waals surface area contributed by atoms with Crippen molar-refractivity contribution in [3.8, 4) is 0 Å². The number of benzene rings is 3. The van der Waals surface area contributed by atoms with Crippen molar-refractivity contribution in [3.05, 3.63) is 99.9 Å². The van der Waals surface area contributed by atoms with Crippen LogP contribution in [0.3, 0.4) is 0 Å². The topological polar surface area (TPSA) is 50.7 Å². The molecule has 0 fully saturated rings. The number of halogens is 1. The van der Waals surface area contributed by atoms with Crippen LogP contribution in [-0.4, -0.2) is 20.0 Å². The first-order chi connectivity index (χ1) is 17.7. The molecule has 0 spiro atoms. The molecular formula is C33H44FN3. The molecule has 0 heterocycles. The van der Waals surface area contributed by atoms with Crippen LogP contribution < -0.4 is 5.73 Å². The van der Waals surface area contributed by atoms with Crippen molar-refractivity contribution in [2.24, 2.45) is 9.98 Å². The van der Waals surface area contributed by atoms with Crippen LogP contribution in [0.1, 0.15) is 73.4 Å². The van der Waals surface area contributed by atoms with Crippen LogP contribution in [0, 0.1) is 26.6 Å². The van der Waals surface area contributed by atoms with E-state index in [1.54, 1.807) is 7.05 Å². The van der Waals surface area contributed by atoms with Gasteiger partial charge in [0.2, 0.25) is 0 Å². The molecule has 2 N–H and O–H groups in total. The van der Waals surface area contributed by atoms with Crippen LogP contribution in [0.2, 0.25) is 0 Å². The number of hydrogen-bond acceptors (Lipinski definition) is 3. The molecule has 37 heavy (non-hydrogen) atoms. The Hall–Kier alpha value is -3.53. The van der Waals surface area contributed by atoms with Crippen LogP contribution in [0.5, 0.6) is 0 Å². The number of nitrogen functional groups attached to an aromatic ring is 1. The van der Waals surface area contributed by atoms with Gasteiger partial charge >= 0.3 is 0 Å². The van der Waals surface area contributed by atoms with Gasteiger partial charge in [-0.25, -0.2) is 4.39 Å². The monoisotopic (exact) mass is 501 g/mol. The number of anilines is 1. The minimum Gasteiger partial charge on any atom is -0.399 e. The summed E-state index contributed by atoms with van der Waals surface area (Å²) in [6.45, 7) is 15.5. The number of unbranched alkanes of at least 4 members (excludes halogenated alkanes) is 2. The molecule has 3 aromatic rings. The van der Waals surface area contributed by atoms with Gasteiger partial charge in [0.05, 0.1) is 5.69 Å². The van der Waals surface area contributed by atoms with Crippen molar-refractivity contribution in [2.45, 2.75) is 67.2 Å². The average Bonchev–Trinajstić information content (AvgIpc) is 2.89. The molecular weight excluding hydrogens is 457 g/mol. The molecule has 0 saturated carbocycles. The van der Waals surface area contributed by atoms with Crippen molar-refractivity contribution in [1.82, 2.24) is 0 Å². The molecule has 0 amide bonds. The predicted molar refractivity (Wildman–Crippen MR) is 163 cm³/mol. The smallest absolute Gasteiger partial charge is 0.132 e. The molecule has 0 aliphatic rings. The van der Waals surface area contributed by atoms with Gasteiger partial charge in [0.1, 0.15) is 5.82 Å². The van der Waals surface area contributed by atoms with Gasteiger partial charge in [-0.2, -0.15) is 0 Å². The van der Waals surface area contributed by atoms with E-state index in [2.05, 4.69) is 67.0 Å². The Labute approximate surface area is 224 Å². The van der Waals surface area contributed by atoms with E-state index >= 15 is 0 Å². The van der Waals surface area contributed by atoms with Crippen LogP contribution >= 0.6 is 0 Å². The number of allylic oxidation sites excluding steroid dienone is 2. The molecule has 0 aliphatic carbocycles. The fourth-order valence-electron chi connectivity index (χ4n) is 3.84. The third-order valence-electron chi connectivity index (χ3n) is 5.92. The van der Waals surface area contributed by atoms with Crippen LogP contribution in [-0.2, 0) is 6.42 Å². The lowest BCUT2D eigenvalue weighted by Gasteiger charge is -2.08. The zero-order valence-electron chi connectivity index (χ0n) is 23.7. The Kier molecular flexibility index (Phi) is 14.5. The first kappa shape index (κ1) is 31.5. The summed E-state index contributed by atoms with van der Waals surface area (Å²) < 4.78 is 14.2. The van der Waals surface area contributed by atoms with Crippen LogP contribution in [0.25, 0.3) is 5.57 Å². The van der Waals surface area contributed by atoms with E-state index in [0.717, 1.165) is 42.5 Å². The highest BCUT2D eigenvalue weighted by Gasteiger charge is 2.08. The Morgan fingerprint density at radius 3 is 2.22 bits per heavy atom. The van der Waals surface area contributed by atoms with E-state index < -0.39 is 0 Å². The summed E-state index contributed by atoms with van der Waals surface area (Å²) in [7, 11) is 1.79. The van der Waals surface area contributed by atoms with Crippen LogP contribution in [0.4, 0.5) is 15.8 Å². The van der Waals surface area contributed by atoms with E-state index in [-0.39, 0.29) is 5.82 Å². The first-order valence-electron chi connectivity index (χ1n) is 13.0. The number of aliphatic imine (C=N–C) groups is 2. The summed E-state index contributed by atoms with van der Waals surface area (Å²) in [4.78, 5) is 7.81. The highest BCUT2D eigenvalue weighted by Crippen LogP contribution is 2.27. The molecule has 0 aliphatic heterocycles. The number of nitrogens with two attached hydrogens (primary N) is 1. The Morgan fingerprint density at radius 2 is 1.62 bits per heavy atom. The molecule has 3 nitrogen and oxygen atoms in total. The highest BCUT2D eigenvalue weighted by atomic mass is 19.1. The van der Waals surface area contributed by atoms with E-state index in [4.69, 9.17) is 5.73 Å². The summed E-state index contributed by atoms with van der Waals surface area (Å²) in [6, 6.07) is 17.7. The Bertz CT molecular complexity index is 1170. The van der Waals surface area contributed by atoms with E-state index in [1.165, 1.54) is 28.3 Å². The molecule has 0 atom stereocenters. The van der Waals surface area contributed by atoms with Crippen molar-refractivity contribution in [1.29, 1.82) is 0 Å². The lowest BCUT2D eigenvalue weighted by Crippen LogP contribution is -1.90. The van der Waals surface area contributed by atoms with Gasteiger partial charge in [0.25, 0.3) is 0 Å². The fourth-order valence-corrected chi connectivity index (χ4v) is 3.84. The molecule has 0 saturated heterocycles.